The van der Waals surface area contributed by atoms with Crippen LogP contribution in [0.5, 0.6) is 5.75 Å². The SMILES string of the molecule is CN=C(NCc1ccccc1NS(C)(=O)=O)N(C)CCOc1ccc(Cl)cc1. The molecule has 0 aliphatic carbocycles. The Hall–Kier alpha value is -2.45. The highest BCUT2D eigenvalue weighted by Gasteiger charge is 2.10. The summed E-state index contributed by atoms with van der Waals surface area (Å²) in [6.07, 6.45) is 1.13. The zero-order chi connectivity index (χ0) is 20.6. The molecule has 0 aliphatic heterocycles. The Morgan fingerprint density at radius 3 is 2.50 bits per heavy atom. The molecule has 2 N–H and O–H groups in total. The van der Waals surface area contributed by atoms with Gasteiger partial charge in [0.05, 0.1) is 18.5 Å². The molecule has 0 spiro atoms. The topological polar surface area (TPSA) is 83.0 Å². The van der Waals surface area contributed by atoms with Gasteiger partial charge in [-0.25, -0.2) is 8.42 Å². The monoisotopic (exact) mass is 424 g/mol. The number of sulfonamides is 1. The van der Waals surface area contributed by atoms with E-state index in [1.807, 2.05) is 36.2 Å². The van der Waals surface area contributed by atoms with E-state index in [9.17, 15) is 8.42 Å². The Kier molecular flexibility index (Phi) is 7.95. The van der Waals surface area contributed by atoms with Crippen LogP contribution in [0, 0.1) is 0 Å². The standard InChI is InChI=1S/C19H25ClN4O3S/c1-21-19(24(2)12-13-27-17-10-8-16(20)9-11-17)22-14-15-6-4-5-7-18(15)23-28(3,25)26/h4-11,23H,12-14H2,1-3H3,(H,21,22). The second-order valence-corrected chi connectivity index (χ2v) is 8.34. The van der Waals surface area contributed by atoms with Crippen molar-refractivity contribution >= 4 is 33.3 Å². The van der Waals surface area contributed by atoms with E-state index >= 15 is 0 Å². The molecule has 7 nitrogen and oxygen atoms in total. The lowest BCUT2D eigenvalue weighted by Gasteiger charge is -2.22. The average molecular weight is 425 g/mol. The van der Waals surface area contributed by atoms with E-state index in [4.69, 9.17) is 16.3 Å². The Bertz CT molecular complexity index is 902. The van der Waals surface area contributed by atoms with Crippen molar-refractivity contribution in [2.75, 3.05) is 38.2 Å². The second kappa shape index (κ2) is 10.2. The van der Waals surface area contributed by atoms with Crippen LogP contribution in [0.2, 0.25) is 5.02 Å². The van der Waals surface area contributed by atoms with Gasteiger partial charge in [0.25, 0.3) is 0 Å². The molecule has 0 fully saturated rings. The van der Waals surface area contributed by atoms with Crippen molar-refractivity contribution in [1.29, 1.82) is 0 Å². The average Bonchev–Trinajstić information content (AvgIpc) is 2.64. The van der Waals surface area contributed by atoms with Crippen LogP contribution < -0.4 is 14.8 Å². The number of para-hydroxylation sites is 1. The summed E-state index contributed by atoms with van der Waals surface area (Å²) in [7, 11) is 0.253. The van der Waals surface area contributed by atoms with E-state index in [0.29, 0.717) is 36.4 Å². The van der Waals surface area contributed by atoms with Gasteiger partial charge < -0.3 is 15.0 Å². The van der Waals surface area contributed by atoms with Gasteiger partial charge in [-0.05, 0) is 35.9 Å². The number of ether oxygens (including phenoxy) is 1. The van der Waals surface area contributed by atoms with Gasteiger partial charge in [-0.1, -0.05) is 29.8 Å². The number of hydrogen-bond acceptors (Lipinski definition) is 4. The second-order valence-electron chi connectivity index (χ2n) is 6.16. The van der Waals surface area contributed by atoms with Gasteiger partial charge >= 0.3 is 0 Å². The van der Waals surface area contributed by atoms with E-state index in [2.05, 4.69) is 15.0 Å². The molecule has 9 heteroatoms. The van der Waals surface area contributed by atoms with Gasteiger partial charge in [0, 0.05) is 25.7 Å². The Morgan fingerprint density at radius 2 is 1.86 bits per heavy atom. The number of aliphatic imine (C=N–C) groups is 1. The number of anilines is 1. The molecule has 0 radical (unpaired) electrons. The largest absolute Gasteiger partial charge is 0.492 e. The number of nitrogens with one attached hydrogen (secondary N) is 2. The van der Waals surface area contributed by atoms with Crippen LogP contribution in [-0.2, 0) is 16.6 Å². The Balaban J connectivity index is 1.89. The van der Waals surface area contributed by atoms with Crippen LogP contribution >= 0.6 is 11.6 Å². The van der Waals surface area contributed by atoms with Gasteiger partial charge in [-0.2, -0.15) is 0 Å². The van der Waals surface area contributed by atoms with Crippen molar-refractivity contribution in [2.45, 2.75) is 6.54 Å². The summed E-state index contributed by atoms with van der Waals surface area (Å²) in [5.41, 5.74) is 1.36. The number of halogens is 1. The third kappa shape index (κ3) is 7.28. The maximum Gasteiger partial charge on any atom is 0.229 e. The highest BCUT2D eigenvalue weighted by Crippen LogP contribution is 2.16. The molecule has 0 atom stereocenters. The molecule has 28 heavy (non-hydrogen) atoms. The molecular formula is C19H25ClN4O3S. The summed E-state index contributed by atoms with van der Waals surface area (Å²) >= 11 is 5.86. The van der Waals surface area contributed by atoms with Crippen LogP contribution in [0.3, 0.4) is 0 Å². The third-order valence-electron chi connectivity index (χ3n) is 3.83. The van der Waals surface area contributed by atoms with E-state index < -0.39 is 10.0 Å². The van der Waals surface area contributed by atoms with Crippen molar-refractivity contribution in [3.63, 3.8) is 0 Å². The summed E-state index contributed by atoms with van der Waals surface area (Å²) in [6.45, 7) is 1.52. The maximum atomic E-state index is 11.5. The van der Waals surface area contributed by atoms with Crippen LogP contribution in [0.4, 0.5) is 5.69 Å². The number of benzene rings is 2. The van der Waals surface area contributed by atoms with Crippen LogP contribution in [-0.4, -0.2) is 52.8 Å². The summed E-state index contributed by atoms with van der Waals surface area (Å²) in [4.78, 5) is 6.20. The lowest BCUT2D eigenvalue weighted by molar-refractivity contribution is 0.281. The lowest BCUT2D eigenvalue weighted by Crippen LogP contribution is -2.40. The first kappa shape index (κ1) is 21.8. The predicted molar refractivity (Wildman–Crippen MR) is 115 cm³/mol. The highest BCUT2D eigenvalue weighted by molar-refractivity contribution is 7.92. The Morgan fingerprint density at radius 1 is 1.18 bits per heavy atom. The van der Waals surface area contributed by atoms with E-state index in [1.54, 1.807) is 31.3 Å². The van der Waals surface area contributed by atoms with Gasteiger partial charge in [0.2, 0.25) is 10.0 Å². The normalized spacial score (nSPS) is 11.8. The van der Waals surface area contributed by atoms with Gasteiger partial charge in [0.15, 0.2) is 5.96 Å². The number of nitrogens with zero attached hydrogens (tertiary/aromatic N) is 2. The Labute approximate surface area is 171 Å². The van der Waals surface area contributed by atoms with Crippen molar-refractivity contribution in [1.82, 2.24) is 10.2 Å². The molecule has 0 unspecified atom stereocenters. The van der Waals surface area contributed by atoms with Crippen LogP contribution in [0.1, 0.15) is 5.56 Å². The van der Waals surface area contributed by atoms with E-state index in [1.165, 1.54) is 0 Å². The summed E-state index contributed by atoms with van der Waals surface area (Å²) in [5, 5.41) is 3.90. The smallest absolute Gasteiger partial charge is 0.229 e. The molecular weight excluding hydrogens is 400 g/mol. The lowest BCUT2D eigenvalue weighted by atomic mass is 10.2. The molecule has 152 valence electrons. The fourth-order valence-corrected chi connectivity index (χ4v) is 3.19. The van der Waals surface area contributed by atoms with Crippen molar-refractivity contribution < 1.29 is 13.2 Å². The maximum absolute atomic E-state index is 11.5. The number of likely N-dealkylation sites (N-methyl/N-ethyl adjacent to an activating group) is 1. The van der Waals surface area contributed by atoms with Crippen molar-refractivity contribution in [3.8, 4) is 5.75 Å². The van der Waals surface area contributed by atoms with E-state index in [0.717, 1.165) is 17.6 Å². The number of hydrogen-bond donors (Lipinski definition) is 2. The first-order valence-corrected chi connectivity index (χ1v) is 10.9. The highest BCUT2D eigenvalue weighted by atomic mass is 35.5. The first-order valence-electron chi connectivity index (χ1n) is 8.64. The molecule has 0 saturated heterocycles. The minimum Gasteiger partial charge on any atom is -0.492 e. The van der Waals surface area contributed by atoms with Crippen LogP contribution in [0.15, 0.2) is 53.5 Å². The van der Waals surface area contributed by atoms with Crippen LogP contribution in [0.25, 0.3) is 0 Å². The van der Waals surface area contributed by atoms with Gasteiger partial charge in [-0.15, -0.1) is 0 Å². The molecule has 0 aromatic heterocycles. The fraction of sp³-hybridized carbons (Fsp3) is 0.316. The fourth-order valence-electron chi connectivity index (χ4n) is 2.47. The quantitative estimate of drug-likeness (QED) is 0.503. The van der Waals surface area contributed by atoms with Gasteiger partial charge in [-0.3, -0.25) is 9.71 Å². The third-order valence-corrected chi connectivity index (χ3v) is 4.67. The molecule has 0 amide bonds. The molecule has 0 bridgehead atoms. The minimum absolute atomic E-state index is 0.424. The molecule has 0 saturated carbocycles. The number of guanidine groups is 1. The van der Waals surface area contributed by atoms with E-state index in [-0.39, 0.29) is 0 Å². The summed E-state index contributed by atoms with van der Waals surface area (Å²) in [5.74, 6) is 1.43. The first-order chi connectivity index (χ1) is 13.3. The predicted octanol–water partition coefficient (Wildman–Crippen LogP) is 2.80. The molecule has 0 aliphatic rings. The number of rotatable bonds is 8. The minimum atomic E-state index is -3.34. The van der Waals surface area contributed by atoms with Crippen molar-refractivity contribution in [3.05, 3.63) is 59.1 Å². The van der Waals surface area contributed by atoms with Gasteiger partial charge in [0.1, 0.15) is 12.4 Å². The zero-order valence-corrected chi connectivity index (χ0v) is 17.7. The molecule has 2 aromatic rings. The van der Waals surface area contributed by atoms with Crippen molar-refractivity contribution in [2.24, 2.45) is 4.99 Å². The molecule has 0 heterocycles. The molecule has 2 rings (SSSR count). The summed E-state index contributed by atoms with van der Waals surface area (Å²) < 4.78 is 31.3. The molecule has 2 aromatic carbocycles. The zero-order valence-electron chi connectivity index (χ0n) is 16.1. The summed E-state index contributed by atoms with van der Waals surface area (Å²) in [6, 6.07) is 14.4.